The van der Waals surface area contributed by atoms with Crippen LogP contribution in [0.15, 0.2) is 18.2 Å². The van der Waals surface area contributed by atoms with Crippen molar-refractivity contribution in [3.63, 3.8) is 0 Å². The van der Waals surface area contributed by atoms with Crippen LogP contribution in [0.25, 0.3) is 0 Å². The molecular formula is C13H17FO3. The lowest BCUT2D eigenvalue weighted by atomic mass is 10.1. The second-order valence-electron chi connectivity index (χ2n) is 4.30. The Morgan fingerprint density at radius 1 is 1.41 bits per heavy atom. The Bertz CT molecular complexity index is 373. The van der Waals surface area contributed by atoms with E-state index >= 15 is 0 Å². The van der Waals surface area contributed by atoms with Crippen LogP contribution < -0.4 is 4.74 Å². The maximum atomic E-state index is 13.7. The lowest BCUT2D eigenvalue weighted by Gasteiger charge is -2.23. The zero-order chi connectivity index (χ0) is 12.3. The number of benzene rings is 1. The quantitative estimate of drug-likeness (QED) is 0.882. The van der Waals surface area contributed by atoms with E-state index in [1.54, 1.807) is 19.1 Å². The predicted octanol–water partition coefficient (Wildman–Crippen LogP) is 2.44. The number of rotatable bonds is 3. The summed E-state index contributed by atoms with van der Waals surface area (Å²) in [6, 6.07) is 4.58. The molecule has 1 aromatic rings. The lowest BCUT2D eigenvalue weighted by Crippen LogP contribution is -2.26. The van der Waals surface area contributed by atoms with Gasteiger partial charge < -0.3 is 14.6 Å². The molecule has 1 aliphatic rings. The fourth-order valence-electron chi connectivity index (χ4n) is 1.85. The molecule has 17 heavy (non-hydrogen) atoms. The van der Waals surface area contributed by atoms with E-state index in [0.29, 0.717) is 18.8 Å². The van der Waals surface area contributed by atoms with Crippen molar-refractivity contribution in [2.24, 2.45) is 0 Å². The second kappa shape index (κ2) is 5.47. The minimum absolute atomic E-state index is 0.0238. The minimum atomic E-state index is -0.665. The van der Waals surface area contributed by atoms with Gasteiger partial charge in [0.15, 0.2) is 11.6 Å². The molecule has 0 aromatic heterocycles. The molecule has 0 spiro atoms. The van der Waals surface area contributed by atoms with Gasteiger partial charge in [-0.25, -0.2) is 4.39 Å². The Hall–Kier alpha value is -1.13. The first-order valence-electron chi connectivity index (χ1n) is 5.88. The SMILES string of the molecule is CC(O)c1ccc(OC2CCOCC2)c(F)c1. The second-order valence-corrected chi connectivity index (χ2v) is 4.30. The van der Waals surface area contributed by atoms with Crippen LogP contribution in [0.2, 0.25) is 0 Å². The standard InChI is InChI=1S/C13H17FO3/c1-9(15)10-2-3-13(12(14)8-10)17-11-4-6-16-7-5-11/h2-3,8-9,11,15H,4-7H2,1H3. The van der Waals surface area contributed by atoms with Crippen molar-refractivity contribution in [2.75, 3.05) is 13.2 Å². The first-order valence-corrected chi connectivity index (χ1v) is 5.88. The van der Waals surface area contributed by atoms with E-state index in [1.165, 1.54) is 6.07 Å². The highest BCUT2D eigenvalue weighted by Gasteiger charge is 2.17. The number of hydrogen-bond donors (Lipinski definition) is 1. The third kappa shape index (κ3) is 3.17. The molecule has 0 amide bonds. The summed E-state index contributed by atoms with van der Waals surface area (Å²) < 4.78 is 24.5. The molecule has 0 aliphatic carbocycles. The van der Waals surface area contributed by atoms with Crippen LogP contribution >= 0.6 is 0 Å². The van der Waals surface area contributed by atoms with Crippen LogP contribution in [0.5, 0.6) is 5.75 Å². The average Bonchev–Trinajstić information content (AvgIpc) is 2.33. The number of hydrogen-bond acceptors (Lipinski definition) is 3. The summed E-state index contributed by atoms with van der Waals surface area (Å²) in [5.41, 5.74) is 0.557. The highest BCUT2D eigenvalue weighted by molar-refractivity contribution is 5.30. The van der Waals surface area contributed by atoms with Crippen LogP contribution in [-0.4, -0.2) is 24.4 Å². The van der Waals surface area contributed by atoms with Crippen LogP contribution in [-0.2, 0) is 4.74 Å². The maximum absolute atomic E-state index is 13.7. The molecule has 1 heterocycles. The van der Waals surface area contributed by atoms with Crippen molar-refractivity contribution in [2.45, 2.75) is 32.0 Å². The molecule has 4 heteroatoms. The molecule has 1 N–H and O–H groups in total. The Balaban J connectivity index is 2.05. The molecule has 1 saturated heterocycles. The molecule has 0 bridgehead atoms. The highest BCUT2D eigenvalue weighted by atomic mass is 19.1. The fraction of sp³-hybridized carbons (Fsp3) is 0.538. The summed E-state index contributed by atoms with van der Waals surface area (Å²) in [5, 5.41) is 9.34. The van der Waals surface area contributed by atoms with E-state index in [4.69, 9.17) is 9.47 Å². The van der Waals surface area contributed by atoms with E-state index in [0.717, 1.165) is 12.8 Å². The van der Waals surface area contributed by atoms with E-state index in [9.17, 15) is 9.50 Å². The van der Waals surface area contributed by atoms with Crippen molar-refractivity contribution in [1.29, 1.82) is 0 Å². The molecule has 0 saturated carbocycles. The summed E-state index contributed by atoms with van der Waals surface area (Å²) in [4.78, 5) is 0. The van der Waals surface area contributed by atoms with Crippen molar-refractivity contribution in [3.8, 4) is 5.75 Å². The Labute approximate surface area is 100 Å². The minimum Gasteiger partial charge on any atom is -0.487 e. The van der Waals surface area contributed by atoms with Gasteiger partial charge in [0, 0.05) is 12.8 Å². The van der Waals surface area contributed by atoms with Crippen LogP contribution in [0.4, 0.5) is 4.39 Å². The molecular weight excluding hydrogens is 223 g/mol. The topological polar surface area (TPSA) is 38.7 Å². The summed E-state index contributed by atoms with van der Waals surface area (Å²) >= 11 is 0. The third-order valence-electron chi connectivity index (χ3n) is 2.90. The first-order chi connectivity index (χ1) is 8.16. The van der Waals surface area contributed by atoms with Crippen LogP contribution in [0.1, 0.15) is 31.4 Å². The molecule has 1 aliphatic heterocycles. The normalized spacial score (nSPS) is 19.0. The average molecular weight is 240 g/mol. The number of aliphatic hydroxyl groups is 1. The van der Waals surface area contributed by atoms with Gasteiger partial charge in [0.25, 0.3) is 0 Å². The number of halogens is 1. The molecule has 94 valence electrons. The molecule has 1 unspecified atom stereocenters. The molecule has 2 rings (SSSR count). The third-order valence-corrected chi connectivity index (χ3v) is 2.90. The van der Waals surface area contributed by atoms with E-state index in [2.05, 4.69) is 0 Å². The van der Waals surface area contributed by atoms with E-state index in [-0.39, 0.29) is 11.9 Å². The monoisotopic (exact) mass is 240 g/mol. The van der Waals surface area contributed by atoms with Gasteiger partial charge in [0.2, 0.25) is 0 Å². The smallest absolute Gasteiger partial charge is 0.165 e. The molecule has 1 fully saturated rings. The van der Waals surface area contributed by atoms with Crippen LogP contribution in [0, 0.1) is 5.82 Å². The van der Waals surface area contributed by atoms with Crippen molar-refractivity contribution >= 4 is 0 Å². The van der Waals surface area contributed by atoms with Crippen molar-refractivity contribution in [1.82, 2.24) is 0 Å². The zero-order valence-corrected chi connectivity index (χ0v) is 9.86. The van der Waals surface area contributed by atoms with E-state index in [1.807, 2.05) is 0 Å². The Kier molecular flexibility index (Phi) is 3.97. The Morgan fingerprint density at radius 2 is 2.12 bits per heavy atom. The summed E-state index contributed by atoms with van der Waals surface area (Å²) in [6.07, 6.45) is 0.937. The number of aliphatic hydroxyl groups excluding tert-OH is 1. The van der Waals surface area contributed by atoms with Gasteiger partial charge in [-0.3, -0.25) is 0 Å². The van der Waals surface area contributed by atoms with Gasteiger partial charge in [-0.2, -0.15) is 0 Å². The molecule has 0 radical (unpaired) electrons. The van der Waals surface area contributed by atoms with Gasteiger partial charge in [0.1, 0.15) is 6.10 Å². The zero-order valence-electron chi connectivity index (χ0n) is 9.86. The summed E-state index contributed by atoms with van der Waals surface area (Å²) in [5.74, 6) is -0.170. The summed E-state index contributed by atoms with van der Waals surface area (Å²) in [7, 11) is 0. The van der Waals surface area contributed by atoms with Gasteiger partial charge >= 0.3 is 0 Å². The highest BCUT2D eigenvalue weighted by Crippen LogP contribution is 2.24. The molecule has 3 nitrogen and oxygen atoms in total. The predicted molar refractivity (Wildman–Crippen MR) is 61.5 cm³/mol. The Morgan fingerprint density at radius 3 is 2.71 bits per heavy atom. The lowest BCUT2D eigenvalue weighted by molar-refractivity contribution is 0.0240. The fourth-order valence-corrected chi connectivity index (χ4v) is 1.85. The molecule has 1 aromatic carbocycles. The van der Waals surface area contributed by atoms with E-state index < -0.39 is 11.9 Å². The molecule has 1 atom stereocenters. The van der Waals surface area contributed by atoms with Gasteiger partial charge in [0.05, 0.1) is 19.3 Å². The largest absolute Gasteiger partial charge is 0.487 e. The summed E-state index contributed by atoms with van der Waals surface area (Å²) in [6.45, 7) is 2.93. The van der Waals surface area contributed by atoms with Crippen molar-refractivity contribution in [3.05, 3.63) is 29.6 Å². The van der Waals surface area contributed by atoms with Gasteiger partial charge in [-0.05, 0) is 24.6 Å². The van der Waals surface area contributed by atoms with Crippen molar-refractivity contribution < 1.29 is 19.0 Å². The van der Waals surface area contributed by atoms with Crippen LogP contribution in [0.3, 0.4) is 0 Å². The number of ether oxygens (including phenoxy) is 2. The van der Waals surface area contributed by atoms with Gasteiger partial charge in [-0.15, -0.1) is 0 Å². The first kappa shape index (κ1) is 12.3. The maximum Gasteiger partial charge on any atom is 0.165 e. The van der Waals surface area contributed by atoms with Gasteiger partial charge in [-0.1, -0.05) is 6.07 Å².